The minimum Gasteiger partial charge on any atom is -0.490 e. The van der Waals surface area contributed by atoms with Crippen LogP contribution in [0.1, 0.15) is 23.5 Å². The molecule has 5 rings (SSSR count). The van der Waals surface area contributed by atoms with Gasteiger partial charge < -0.3 is 29.2 Å². The highest BCUT2D eigenvalue weighted by molar-refractivity contribution is 5.61. The van der Waals surface area contributed by atoms with Crippen molar-refractivity contribution in [1.29, 1.82) is 0 Å². The van der Waals surface area contributed by atoms with E-state index in [1.807, 2.05) is 54.6 Å². The number of rotatable bonds is 11. The summed E-state index contributed by atoms with van der Waals surface area (Å²) in [4.78, 5) is 18.3. The molecule has 0 spiro atoms. The van der Waals surface area contributed by atoms with Crippen molar-refractivity contribution in [2.24, 2.45) is 5.18 Å². The van der Waals surface area contributed by atoms with E-state index in [1.54, 1.807) is 13.3 Å². The molecule has 2 aromatic carbocycles. The average Bonchev–Trinajstić information content (AvgIpc) is 2.97. The predicted molar refractivity (Wildman–Crippen MR) is 145 cm³/mol. The summed E-state index contributed by atoms with van der Waals surface area (Å²) in [6.45, 7) is 4.75. The summed E-state index contributed by atoms with van der Waals surface area (Å²) in [5.41, 5.74) is 3.14. The number of nitroso groups, excluding NO2 is 1. The van der Waals surface area contributed by atoms with Gasteiger partial charge >= 0.3 is 0 Å². The molecule has 1 saturated heterocycles. The molecule has 2 aliphatic heterocycles. The Labute approximate surface area is 223 Å². The number of nitrogens with zero attached hydrogens (tertiary/aromatic N) is 3. The largest absolute Gasteiger partial charge is 0.490 e. The molecule has 3 atom stereocenters. The van der Waals surface area contributed by atoms with Crippen LogP contribution in [0.25, 0.3) is 0 Å². The Hall–Kier alpha value is -3.53. The number of hydrogen-bond acceptors (Lipinski definition) is 9. The molecule has 200 valence electrons. The zero-order valence-corrected chi connectivity index (χ0v) is 21.6. The Bertz CT molecular complexity index is 1180. The van der Waals surface area contributed by atoms with Gasteiger partial charge in [-0.3, -0.25) is 0 Å². The molecule has 38 heavy (non-hydrogen) atoms. The van der Waals surface area contributed by atoms with Crippen LogP contribution in [0.2, 0.25) is 0 Å². The third-order valence-corrected chi connectivity index (χ3v) is 7.00. The summed E-state index contributed by atoms with van der Waals surface area (Å²) in [6.07, 6.45) is 2.44. The SMILES string of the molecule is COCCCN1CCOc2ccc(CO[C@H]3CNC[C@@H](N=O)[C@@H]3c3ccc(Oc4ccccn4)cc3)cc21. The number of pyridine rings is 1. The van der Waals surface area contributed by atoms with Crippen molar-refractivity contribution in [3.05, 3.63) is 82.9 Å². The first-order valence-electron chi connectivity index (χ1n) is 13.1. The van der Waals surface area contributed by atoms with Crippen LogP contribution in [0.3, 0.4) is 0 Å². The fourth-order valence-corrected chi connectivity index (χ4v) is 5.11. The molecule has 1 fully saturated rings. The number of ether oxygens (including phenoxy) is 4. The second-order valence-electron chi connectivity index (χ2n) is 9.53. The van der Waals surface area contributed by atoms with Crippen LogP contribution >= 0.6 is 0 Å². The molecule has 1 N–H and O–H groups in total. The number of hydrogen-bond donors (Lipinski definition) is 1. The van der Waals surface area contributed by atoms with Crippen LogP contribution in [0, 0.1) is 4.91 Å². The van der Waals surface area contributed by atoms with Gasteiger partial charge in [-0.2, -0.15) is 4.91 Å². The molecule has 0 amide bonds. The summed E-state index contributed by atoms with van der Waals surface area (Å²) in [7, 11) is 1.73. The van der Waals surface area contributed by atoms with E-state index >= 15 is 0 Å². The van der Waals surface area contributed by atoms with Gasteiger partial charge in [0, 0.05) is 51.5 Å². The second kappa shape index (κ2) is 12.8. The maximum Gasteiger partial charge on any atom is 0.219 e. The predicted octanol–water partition coefficient (Wildman–Crippen LogP) is 4.52. The molecule has 1 aromatic heterocycles. The number of fused-ring (bicyclic) bond motifs is 1. The normalized spacial score (nSPS) is 20.9. The lowest BCUT2D eigenvalue weighted by Gasteiger charge is -2.36. The summed E-state index contributed by atoms with van der Waals surface area (Å²) >= 11 is 0. The van der Waals surface area contributed by atoms with Crippen LogP contribution in [-0.2, 0) is 16.1 Å². The molecule has 9 nitrogen and oxygen atoms in total. The topological polar surface area (TPSA) is 94.5 Å². The van der Waals surface area contributed by atoms with Gasteiger partial charge in [-0.05, 0) is 47.9 Å². The molecule has 0 bridgehead atoms. The van der Waals surface area contributed by atoms with E-state index in [0.29, 0.717) is 37.9 Å². The van der Waals surface area contributed by atoms with Gasteiger partial charge in [0.15, 0.2) is 0 Å². The number of benzene rings is 2. The van der Waals surface area contributed by atoms with E-state index in [1.165, 1.54) is 0 Å². The van der Waals surface area contributed by atoms with Crippen molar-refractivity contribution in [2.75, 3.05) is 51.4 Å². The molecule has 9 heteroatoms. The standard InChI is InChI=1S/C29H34N4O5/c1-35-15-4-13-33-14-16-36-26-11-6-21(17-25(26)33)20-37-27-19-30-18-24(32-34)29(27)22-7-9-23(10-8-22)38-28-5-2-3-12-31-28/h2-3,5-12,17,24,27,29-30H,4,13-16,18-20H2,1H3/t24-,27+,29+/m1/s1. The van der Waals surface area contributed by atoms with Gasteiger partial charge in [0.05, 0.1) is 24.9 Å². The van der Waals surface area contributed by atoms with Crippen molar-refractivity contribution in [3.63, 3.8) is 0 Å². The third kappa shape index (κ3) is 6.30. The van der Waals surface area contributed by atoms with Crippen molar-refractivity contribution in [2.45, 2.75) is 31.1 Å². The molecular formula is C29H34N4O5. The van der Waals surface area contributed by atoms with Gasteiger partial charge in [0.2, 0.25) is 5.88 Å². The smallest absolute Gasteiger partial charge is 0.219 e. The van der Waals surface area contributed by atoms with E-state index < -0.39 is 6.04 Å². The van der Waals surface area contributed by atoms with Crippen molar-refractivity contribution >= 4 is 5.69 Å². The van der Waals surface area contributed by atoms with Gasteiger partial charge in [0.25, 0.3) is 0 Å². The quantitative estimate of drug-likeness (QED) is 0.293. The van der Waals surface area contributed by atoms with E-state index in [2.05, 4.69) is 26.4 Å². The van der Waals surface area contributed by atoms with Gasteiger partial charge in [0.1, 0.15) is 24.1 Å². The number of piperidine rings is 1. The first kappa shape index (κ1) is 26.1. The minimum absolute atomic E-state index is 0.163. The minimum atomic E-state index is -0.426. The van der Waals surface area contributed by atoms with Gasteiger partial charge in [-0.15, -0.1) is 0 Å². The highest BCUT2D eigenvalue weighted by atomic mass is 16.5. The zero-order valence-electron chi connectivity index (χ0n) is 21.6. The third-order valence-electron chi connectivity index (χ3n) is 7.00. The fraction of sp³-hybridized carbons (Fsp3) is 0.414. The van der Waals surface area contributed by atoms with Gasteiger partial charge in [-0.25, -0.2) is 4.98 Å². The first-order chi connectivity index (χ1) is 18.7. The summed E-state index contributed by atoms with van der Waals surface area (Å²) in [6, 6.07) is 19.1. The van der Waals surface area contributed by atoms with Crippen LogP contribution in [0.4, 0.5) is 5.69 Å². The Balaban J connectivity index is 1.28. The Morgan fingerprint density at radius 1 is 1.13 bits per heavy atom. The zero-order chi connectivity index (χ0) is 26.2. The van der Waals surface area contributed by atoms with E-state index in [0.717, 1.165) is 48.7 Å². The lowest BCUT2D eigenvalue weighted by molar-refractivity contribution is 0.00539. The van der Waals surface area contributed by atoms with Crippen LogP contribution in [-0.4, -0.2) is 63.6 Å². The van der Waals surface area contributed by atoms with E-state index in [4.69, 9.17) is 18.9 Å². The number of methoxy groups -OCH3 is 1. The molecule has 0 aliphatic carbocycles. The van der Waals surface area contributed by atoms with Crippen LogP contribution in [0.5, 0.6) is 17.4 Å². The molecule has 0 unspecified atom stereocenters. The summed E-state index contributed by atoms with van der Waals surface area (Å²) in [5, 5.41) is 6.75. The molecule has 0 radical (unpaired) electrons. The summed E-state index contributed by atoms with van der Waals surface area (Å²) < 4.78 is 23.4. The number of nitrogens with one attached hydrogen (secondary N) is 1. The Kier molecular flexibility index (Phi) is 8.80. The van der Waals surface area contributed by atoms with Crippen molar-refractivity contribution < 1.29 is 18.9 Å². The molecular weight excluding hydrogens is 484 g/mol. The lowest BCUT2D eigenvalue weighted by atomic mass is 9.84. The lowest BCUT2D eigenvalue weighted by Crippen LogP contribution is -2.48. The highest BCUT2D eigenvalue weighted by Gasteiger charge is 2.36. The Morgan fingerprint density at radius 2 is 2.03 bits per heavy atom. The van der Waals surface area contributed by atoms with Gasteiger partial charge in [-0.1, -0.05) is 29.4 Å². The molecule has 3 heterocycles. The maximum atomic E-state index is 11.8. The van der Waals surface area contributed by atoms with E-state index in [-0.39, 0.29) is 12.0 Å². The van der Waals surface area contributed by atoms with E-state index in [9.17, 15) is 4.91 Å². The molecule has 3 aromatic rings. The molecule has 0 saturated carbocycles. The monoisotopic (exact) mass is 518 g/mol. The van der Waals surface area contributed by atoms with Crippen molar-refractivity contribution in [3.8, 4) is 17.4 Å². The van der Waals surface area contributed by atoms with Crippen molar-refractivity contribution in [1.82, 2.24) is 10.3 Å². The highest BCUT2D eigenvalue weighted by Crippen LogP contribution is 2.35. The maximum absolute atomic E-state index is 11.8. The first-order valence-corrected chi connectivity index (χ1v) is 13.1. The number of anilines is 1. The second-order valence-corrected chi connectivity index (χ2v) is 9.53. The Morgan fingerprint density at radius 3 is 2.82 bits per heavy atom. The van der Waals surface area contributed by atoms with Crippen LogP contribution < -0.4 is 19.7 Å². The molecule has 2 aliphatic rings. The van der Waals surface area contributed by atoms with Crippen LogP contribution in [0.15, 0.2) is 72.0 Å². The average molecular weight is 519 g/mol. The number of aromatic nitrogens is 1. The summed E-state index contributed by atoms with van der Waals surface area (Å²) in [5.74, 6) is 1.95. The fourth-order valence-electron chi connectivity index (χ4n) is 5.11.